The van der Waals surface area contributed by atoms with E-state index in [9.17, 15) is 4.79 Å². The minimum atomic E-state index is -0.172. The van der Waals surface area contributed by atoms with Gasteiger partial charge in [-0.15, -0.1) is 0 Å². The number of carbonyl (C=O) groups is 1. The molecule has 1 aromatic carbocycles. The molecule has 0 fully saturated rings. The van der Waals surface area contributed by atoms with Crippen LogP contribution in [-0.4, -0.2) is 41.6 Å². The Labute approximate surface area is 160 Å². The Morgan fingerprint density at radius 1 is 1.31 bits per heavy atom. The van der Waals surface area contributed by atoms with E-state index in [2.05, 4.69) is 29.2 Å². The van der Waals surface area contributed by atoms with Crippen molar-refractivity contribution in [3.8, 4) is 11.3 Å². The van der Waals surface area contributed by atoms with Crippen LogP contribution in [0.25, 0.3) is 11.3 Å². The molecule has 26 heavy (non-hydrogen) atoms. The standard InChI is InChI=1S/C20H28ClN3O2/c1-5-24(6-2)13-9-10-14(3)22-20(25)18-15(4)23-26-19(18)16-11-7-8-12-17(16)21/h7-8,11-12,14H,5-6,9-10,13H2,1-4H3,(H,22,25)/t14-/m1/s1. The third-order valence-corrected chi connectivity index (χ3v) is 4.92. The second-order valence-electron chi connectivity index (χ2n) is 6.50. The van der Waals surface area contributed by atoms with E-state index in [1.54, 1.807) is 13.0 Å². The highest BCUT2D eigenvalue weighted by Crippen LogP contribution is 2.31. The van der Waals surface area contributed by atoms with Crippen molar-refractivity contribution >= 4 is 17.5 Å². The fraction of sp³-hybridized carbons (Fsp3) is 0.500. The molecule has 1 heterocycles. The lowest BCUT2D eigenvalue weighted by Crippen LogP contribution is -2.34. The molecule has 0 radical (unpaired) electrons. The summed E-state index contributed by atoms with van der Waals surface area (Å²) in [7, 11) is 0. The number of aryl methyl sites for hydroxylation is 1. The van der Waals surface area contributed by atoms with Crippen LogP contribution in [0.15, 0.2) is 28.8 Å². The molecule has 1 atom stereocenters. The van der Waals surface area contributed by atoms with Crippen molar-refractivity contribution in [1.82, 2.24) is 15.4 Å². The third kappa shape index (κ3) is 5.08. The van der Waals surface area contributed by atoms with E-state index < -0.39 is 0 Å². The first-order chi connectivity index (χ1) is 12.5. The molecule has 0 saturated carbocycles. The predicted molar refractivity (Wildman–Crippen MR) is 106 cm³/mol. The molecule has 0 spiro atoms. The average Bonchev–Trinajstić information content (AvgIpc) is 3.00. The molecular weight excluding hydrogens is 350 g/mol. The molecule has 0 aliphatic rings. The summed E-state index contributed by atoms with van der Waals surface area (Å²) in [4.78, 5) is 15.2. The maximum Gasteiger partial charge on any atom is 0.257 e. The number of hydrogen-bond donors (Lipinski definition) is 1. The topological polar surface area (TPSA) is 58.4 Å². The molecule has 5 nitrogen and oxygen atoms in total. The highest BCUT2D eigenvalue weighted by atomic mass is 35.5. The van der Waals surface area contributed by atoms with Gasteiger partial charge in [0, 0.05) is 11.6 Å². The van der Waals surface area contributed by atoms with Gasteiger partial charge < -0.3 is 14.7 Å². The van der Waals surface area contributed by atoms with Crippen LogP contribution in [0, 0.1) is 6.92 Å². The number of hydrogen-bond acceptors (Lipinski definition) is 4. The predicted octanol–water partition coefficient (Wildman–Crippen LogP) is 4.54. The molecule has 0 saturated heterocycles. The van der Waals surface area contributed by atoms with E-state index in [0.29, 0.717) is 27.6 Å². The van der Waals surface area contributed by atoms with Gasteiger partial charge in [0.05, 0.1) is 10.7 Å². The fourth-order valence-corrected chi connectivity index (χ4v) is 3.22. The van der Waals surface area contributed by atoms with Crippen molar-refractivity contribution < 1.29 is 9.32 Å². The number of amides is 1. The van der Waals surface area contributed by atoms with Crippen molar-refractivity contribution in [3.05, 3.63) is 40.5 Å². The fourth-order valence-electron chi connectivity index (χ4n) is 3.00. The SMILES string of the molecule is CCN(CC)CCC[C@@H](C)NC(=O)c1c(C)noc1-c1ccccc1Cl. The zero-order valence-corrected chi connectivity index (χ0v) is 16.8. The lowest BCUT2D eigenvalue weighted by Gasteiger charge is -2.19. The van der Waals surface area contributed by atoms with Crippen molar-refractivity contribution in [2.75, 3.05) is 19.6 Å². The third-order valence-electron chi connectivity index (χ3n) is 4.59. The van der Waals surface area contributed by atoms with E-state index in [1.807, 2.05) is 25.1 Å². The van der Waals surface area contributed by atoms with Gasteiger partial charge in [0.25, 0.3) is 5.91 Å². The van der Waals surface area contributed by atoms with E-state index in [-0.39, 0.29) is 11.9 Å². The van der Waals surface area contributed by atoms with Crippen LogP contribution in [-0.2, 0) is 0 Å². The molecule has 1 N–H and O–H groups in total. The Balaban J connectivity index is 2.04. The molecule has 1 aromatic heterocycles. The maximum absolute atomic E-state index is 12.8. The highest BCUT2D eigenvalue weighted by Gasteiger charge is 2.24. The molecular formula is C20H28ClN3O2. The Bertz CT molecular complexity index is 726. The molecule has 2 aromatic rings. The lowest BCUT2D eigenvalue weighted by atomic mass is 10.1. The van der Waals surface area contributed by atoms with Crippen LogP contribution in [0.5, 0.6) is 0 Å². The summed E-state index contributed by atoms with van der Waals surface area (Å²) in [6.07, 6.45) is 1.97. The second-order valence-corrected chi connectivity index (χ2v) is 6.90. The molecule has 0 aliphatic heterocycles. The average molecular weight is 378 g/mol. The monoisotopic (exact) mass is 377 g/mol. The number of nitrogens with zero attached hydrogens (tertiary/aromatic N) is 2. The molecule has 0 aliphatic carbocycles. The van der Waals surface area contributed by atoms with E-state index in [0.717, 1.165) is 32.5 Å². The summed E-state index contributed by atoms with van der Waals surface area (Å²) in [5.41, 5.74) is 1.69. The number of rotatable bonds is 9. The van der Waals surface area contributed by atoms with Gasteiger partial charge in [0.2, 0.25) is 0 Å². The van der Waals surface area contributed by atoms with Gasteiger partial charge in [0.15, 0.2) is 5.76 Å². The van der Waals surface area contributed by atoms with Gasteiger partial charge in [-0.2, -0.15) is 0 Å². The maximum atomic E-state index is 12.8. The molecule has 6 heteroatoms. The second kappa shape index (κ2) is 9.74. The lowest BCUT2D eigenvalue weighted by molar-refractivity contribution is 0.0937. The van der Waals surface area contributed by atoms with Gasteiger partial charge in [0.1, 0.15) is 5.56 Å². The molecule has 0 unspecified atom stereocenters. The van der Waals surface area contributed by atoms with Crippen molar-refractivity contribution in [3.63, 3.8) is 0 Å². The quantitative estimate of drug-likeness (QED) is 0.696. The van der Waals surface area contributed by atoms with Crippen LogP contribution >= 0.6 is 11.6 Å². The van der Waals surface area contributed by atoms with Crippen LogP contribution in [0.1, 0.15) is 49.7 Å². The van der Waals surface area contributed by atoms with E-state index in [4.69, 9.17) is 16.1 Å². The Hall–Kier alpha value is -1.85. The van der Waals surface area contributed by atoms with Gasteiger partial charge in [-0.05, 0) is 58.5 Å². The summed E-state index contributed by atoms with van der Waals surface area (Å²) >= 11 is 6.25. The first-order valence-corrected chi connectivity index (χ1v) is 9.60. The number of benzene rings is 1. The number of nitrogens with one attached hydrogen (secondary N) is 1. The van der Waals surface area contributed by atoms with Gasteiger partial charge >= 0.3 is 0 Å². The molecule has 2 rings (SSSR count). The van der Waals surface area contributed by atoms with Gasteiger partial charge in [-0.1, -0.05) is 42.7 Å². The highest BCUT2D eigenvalue weighted by molar-refractivity contribution is 6.33. The first kappa shape index (κ1) is 20.5. The molecule has 0 bridgehead atoms. The molecule has 1 amide bonds. The van der Waals surface area contributed by atoms with Crippen LogP contribution in [0.3, 0.4) is 0 Å². The van der Waals surface area contributed by atoms with Crippen LogP contribution in [0.2, 0.25) is 5.02 Å². The minimum Gasteiger partial charge on any atom is -0.355 e. The van der Waals surface area contributed by atoms with Crippen LogP contribution < -0.4 is 5.32 Å². The summed E-state index contributed by atoms with van der Waals surface area (Å²) in [5, 5.41) is 7.56. The zero-order chi connectivity index (χ0) is 19.1. The first-order valence-electron chi connectivity index (χ1n) is 9.22. The zero-order valence-electron chi connectivity index (χ0n) is 16.0. The summed E-state index contributed by atoms with van der Waals surface area (Å²) in [6, 6.07) is 7.37. The molecule has 142 valence electrons. The number of carbonyl (C=O) groups excluding carboxylic acids is 1. The van der Waals surface area contributed by atoms with Gasteiger partial charge in [-0.3, -0.25) is 4.79 Å². The van der Waals surface area contributed by atoms with Crippen molar-refractivity contribution in [2.24, 2.45) is 0 Å². The largest absolute Gasteiger partial charge is 0.355 e. The smallest absolute Gasteiger partial charge is 0.257 e. The van der Waals surface area contributed by atoms with E-state index in [1.165, 1.54) is 0 Å². The van der Waals surface area contributed by atoms with Crippen molar-refractivity contribution in [2.45, 2.75) is 46.6 Å². The number of aromatic nitrogens is 1. The summed E-state index contributed by atoms with van der Waals surface area (Å²) in [5.74, 6) is 0.245. The Morgan fingerprint density at radius 2 is 2.00 bits per heavy atom. The minimum absolute atomic E-state index is 0.0754. The van der Waals surface area contributed by atoms with Gasteiger partial charge in [-0.25, -0.2) is 0 Å². The van der Waals surface area contributed by atoms with Crippen LogP contribution in [0.4, 0.5) is 0 Å². The Morgan fingerprint density at radius 3 is 2.65 bits per heavy atom. The van der Waals surface area contributed by atoms with Crippen molar-refractivity contribution in [1.29, 1.82) is 0 Å². The normalized spacial score (nSPS) is 12.4. The van der Waals surface area contributed by atoms with E-state index >= 15 is 0 Å². The summed E-state index contributed by atoms with van der Waals surface area (Å²) < 4.78 is 5.40. The summed E-state index contributed by atoms with van der Waals surface area (Å²) in [6.45, 7) is 11.3. The Kier molecular flexibility index (Phi) is 7.66. The number of halogens is 1.